The van der Waals surface area contributed by atoms with Crippen LogP contribution in [0.25, 0.3) is 10.9 Å². The highest BCUT2D eigenvalue weighted by molar-refractivity contribution is 9.10. The summed E-state index contributed by atoms with van der Waals surface area (Å²) in [5.74, 6) is 0. The highest BCUT2D eigenvalue weighted by Gasteiger charge is 2.10. The molecule has 0 fully saturated rings. The minimum atomic E-state index is 0.158. The van der Waals surface area contributed by atoms with Crippen LogP contribution >= 0.6 is 27.5 Å². The molecule has 0 bridgehead atoms. The van der Waals surface area contributed by atoms with E-state index >= 15 is 0 Å². The van der Waals surface area contributed by atoms with Crippen LogP contribution < -0.4 is 5.32 Å². The average Bonchev–Trinajstić information content (AvgIpc) is 2.47. The van der Waals surface area contributed by atoms with E-state index in [9.17, 15) is 0 Å². The van der Waals surface area contributed by atoms with Gasteiger partial charge in [-0.3, -0.25) is 4.98 Å². The van der Waals surface area contributed by atoms with E-state index in [0.29, 0.717) is 5.02 Å². The van der Waals surface area contributed by atoms with Gasteiger partial charge in [-0.2, -0.15) is 0 Å². The molecule has 2 nitrogen and oxygen atoms in total. The van der Waals surface area contributed by atoms with E-state index in [1.165, 1.54) is 5.56 Å². The molecule has 0 spiro atoms. The van der Waals surface area contributed by atoms with Crippen molar-refractivity contribution in [3.05, 3.63) is 69.8 Å². The fraction of sp³-hybridized carbons (Fsp3) is 0.118. The number of nitrogens with one attached hydrogen (secondary N) is 1. The lowest BCUT2D eigenvalue weighted by molar-refractivity contribution is 0.885. The van der Waals surface area contributed by atoms with Crippen LogP contribution in [0.3, 0.4) is 0 Å². The predicted octanol–water partition coefficient (Wildman–Crippen LogP) is 5.82. The molecule has 0 saturated carbocycles. The zero-order chi connectivity index (χ0) is 14.8. The molecule has 106 valence electrons. The lowest BCUT2D eigenvalue weighted by atomic mass is 10.1. The first-order chi connectivity index (χ1) is 10.1. The number of rotatable bonds is 3. The third-order valence-electron chi connectivity index (χ3n) is 3.39. The molecule has 2 aromatic carbocycles. The fourth-order valence-corrected chi connectivity index (χ4v) is 3.00. The predicted molar refractivity (Wildman–Crippen MR) is 92.9 cm³/mol. The van der Waals surface area contributed by atoms with Crippen LogP contribution in [0.4, 0.5) is 5.69 Å². The third kappa shape index (κ3) is 3.20. The maximum absolute atomic E-state index is 6.20. The van der Waals surface area contributed by atoms with E-state index < -0.39 is 0 Å². The maximum atomic E-state index is 6.20. The van der Waals surface area contributed by atoms with E-state index in [0.717, 1.165) is 21.1 Å². The molecule has 0 saturated heterocycles. The highest BCUT2D eigenvalue weighted by Crippen LogP contribution is 2.29. The van der Waals surface area contributed by atoms with Gasteiger partial charge in [0, 0.05) is 27.1 Å². The van der Waals surface area contributed by atoms with E-state index in [2.05, 4.69) is 45.3 Å². The van der Waals surface area contributed by atoms with Crippen LogP contribution in [0.15, 0.2) is 59.2 Å². The van der Waals surface area contributed by atoms with Gasteiger partial charge in [-0.15, -0.1) is 0 Å². The molecule has 4 heteroatoms. The Morgan fingerprint density at radius 2 is 2.00 bits per heavy atom. The van der Waals surface area contributed by atoms with Crippen molar-refractivity contribution in [3.8, 4) is 0 Å². The number of fused-ring (bicyclic) bond motifs is 1. The van der Waals surface area contributed by atoms with E-state index in [4.69, 9.17) is 11.6 Å². The summed E-state index contributed by atoms with van der Waals surface area (Å²) in [5, 5.41) is 5.25. The number of anilines is 1. The highest BCUT2D eigenvalue weighted by atomic mass is 79.9. The number of hydrogen-bond acceptors (Lipinski definition) is 2. The standard InChI is InChI=1S/C17H14BrClN2/c1-11(12-4-2-6-14(18)8-12)21-16-10-15(19)9-13-5-3-7-20-17(13)16/h2-11,21H,1H3. The van der Waals surface area contributed by atoms with Gasteiger partial charge in [0.25, 0.3) is 0 Å². The van der Waals surface area contributed by atoms with Crippen molar-refractivity contribution < 1.29 is 0 Å². The van der Waals surface area contributed by atoms with Gasteiger partial charge in [0.1, 0.15) is 0 Å². The van der Waals surface area contributed by atoms with Gasteiger partial charge < -0.3 is 5.32 Å². The molecule has 1 aromatic heterocycles. The number of hydrogen-bond donors (Lipinski definition) is 1. The lowest BCUT2D eigenvalue weighted by Crippen LogP contribution is -2.07. The number of nitrogens with zero attached hydrogens (tertiary/aromatic N) is 1. The van der Waals surface area contributed by atoms with Gasteiger partial charge >= 0.3 is 0 Å². The second-order valence-electron chi connectivity index (χ2n) is 4.95. The Morgan fingerprint density at radius 1 is 1.14 bits per heavy atom. The Morgan fingerprint density at radius 3 is 2.81 bits per heavy atom. The third-order valence-corrected chi connectivity index (χ3v) is 4.10. The van der Waals surface area contributed by atoms with Crippen LogP contribution in [0.1, 0.15) is 18.5 Å². The summed E-state index contributed by atoms with van der Waals surface area (Å²) < 4.78 is 1.07. The quantitative estimate of drug-likeness (QED) is 0.635. The van der Waals surface area contributed by atoms with Gasteiger partial charge in [-0.1, -0.05) is 45.7 Å². The van der Waals surface area contributed by atoms with Crippen molar-refractivity contribution in [2.45, 2.75) is 13.0 Å². The minimum Gasteiger partial charge on any atom is -0.377 e. The first-order valence-corrected chi connectivity index (χ1v) is 7.87. The molecule has 1 heterocycles. The van der Waals surface area contributed by atoms with Crippen molar-refractivity contribution in [1.82, 2.24) is 4.98 Å². The van der Waals surface area contributed by atoms with Gasteiger partial charge in [-0.05, 0) is 42.8 Å². The molecule has 0 aliphatic rings. The molecular weight excluding hydrogens is 348 g/mol. The van der Waals surface area contributed by atoms with Crippen molar-refractivity contribution >= 4 is 44.1 Å². The second kappa shape index (κ2) is 6.04. The molecule has 3 rings (SSSR count). The zero-order valence-corrected chi connectivity index (χ0v) is 13.8. The van der Waals surface area contributed by atoms with Gasteiger partial charge in [-0.25, -0.2) is 0 Å². The largest absolute Gasteiger partial charge is 0.377 e. The van der Waals surface area contributed by atoms with Crippen LogP contribution in [0.5, 0.6) is 0 Å². The van der Waals surface area contributed by atoms with Crippen molar-refractivity contribution in [3.63, 3.8) is 0 Å². The molecule has 1 atom stereocenters. The number of pyridine rings is 1. The molecule has 1 N–H and O–H groups in total. The molecule has 0 amide bonds. The lowest BCUT2D eigenvalue weighted by Gasteiger charge is -2.17. The summed E-state index contributed by atoms with van der Waals surface area (Å²) in [4.78, 5) is 4.46. The molecule has 0 aliphatic heterocycles. The smallest absolute Gasteiger partial charge is 0.0934 e. The first kappa shape index (κ1) is 14.4. The molecule has 21 heavy (non-hydrogen) atoms. The van der Waals surface area contributed by atoms with E-state index in [1.54, 1.807) is 6.20 Å². The average molecular weight is 362 g/mol. The topological polar surface area (TPSA) is 24.9 Å². The Labute approximate surface area is 137 Å². The summed E-state index contributed by atoms with van der Waals surface area (Å²) in [6, 6.07) is 16.2. The Balaban J connectivity index is 1.98. The SMILES string of the molecule is CC(Nc1cc(Cl)cc2cccnc12)c1cccc(Br)c1. The fourth-order valence-electron chi connectivity index (χ4n) is 2.36. The summed E-state index contributed by atoms with van der Waals surface area (Å²) in [6.45, 7) is 2.12. The zero-order valence-electron chi connectivity index (χ0n) is 11.5. The Bertz CT molecular complexity index is 789. The van der Waals surface area contributed by atoms with E-state index in [-0.39, 0.29) is 6.04 Å². The van der Waals surface area contributed by atoms with Gasteiger partial charge in [0.2, 0.25) is 0 Å². The molecular formula is C17H14BrClN2. The van der Waals surface area contributed by atoms with Crippen LogP contribution in [0, 0.1) is 0 Å². The first-order valence-electron chi connectivity index (χ1n) is 6.70. The Hall–Kier alpha value is -1.58. The van der Waals surface area contributed by atoms with Crippen LogP contribution in [-0.4, -0.2) is 4.98 Å². The minimum absolute atomic E-state index is 0.158. The molecule has 0 radical (unpaired) electrons. The van der Waals surface area contributed by atoms with Crippen molar-refractivity contribution in [1.29, 1.82) is 0 Å². The second-order valence-corrected chi connectivity index (χ2v) is 6.30. The molecule has 3 aromatic rings. The van der Waals surface area contributed by atoms with Gasteiger partial charge in [0.05, 0.1) is 11.2 Å². The molecule has 1 unspecified atom stereocenters. The van der Waals surface area contributed by atoms with Crippen LogP contribution in [-0.2, 0) is 0 Å². The summed E-state index contributed by atoms with van der Waals surface area (Å²) >= 11 is 9.71. The number of benzene rings is 2. The normalized spacial score (nSPS) is 12.3. The van der Waals surface area contributed by atoms with Crippen molar-refractivity contribution in [2.75, 3.05) is 5.32 Å². The summed E-state index contributed by atoms with van der Waals surface area (Å²) in [7, 11) is 0. The number of aromatic nitrogens is 1. The Kier molecular flexibility index (Phi) is 4.13. The maximum Gasteiger partial charge on any atom is 0.0934 e. The monoisotopic (exact) mass is 360 g/mol. The van der Waals surface area contributed by atoms with Crippen molar-refractivity contribution in [2.24, 2.45) is 0 Å². The van der Waals surface area contributed by atoms with E-state index in [1.807, 2.05) is 36.4 Å². The summed E-state index contributed by atoms with van der Waals surface area (Å²) in [6.07, 6.45) is 1.80. The van der Waals surface area contributed by atoms with Gasteiger partial charge in [0.15, 0.2) is 0 Å². The number of halogens is 2. The van der Waals surface area contributed by atoms with Crippen LogP contribution in [0.2, 0.25) is 5.02 Å². The molecule has 0 aliphatic carbocycles. The summed E-state index contributed by atoms with van der Waals surface area (Å²) in [5.41, 5.74) is 3.09.